The van der Waals surface area contributed by atoms with E-state index < -0.39 is 0 Å². The minimum Gasteiger partial charge on any atom is -0.368 e. The van der Waals surface area contributed by atoms with Crippen molar-refractivity contribution >= 4 is 11.8 Å². The minimum atomic E-state index is 0.342. The molecule has 0 aliphatic heterocycles. The van der Waals surface area contributed by atoms with Gasteiger partial charge in [-0.1, -0.05) is 13.8 Å². The molecule has 0 atom stereocenters. The first-order valence-corrected chi connectivity index (χ1v) is 6.77. The number of hydrogen-bond donors (Lipinski definition) is 1. The fourth-order valence-corrected chi connectivity index (χ4v) is 2.00. The first-order valence-electron chi connectivity index (χ1n) is 6.77. The molecule has 102 valence electrons. The Balaban J connectivity index is 2.47. The molecule has 0 fully saturated rings. The van der Waals surface area contributed by atoms with Crippen LogP contribution in [0.4, 0.5) is 11.8 Å². The van der Waals surface area contributed by atoms with E-state index in [4.69, 9.17) is 5.73 Å². The van der Waals surface area contributed by atoms with Crippen molar-refractivity contribution in [3.8, 4) is 0 Å². The lowest BCUT2D eigenvalue weighted by Gasteiger charge is -2.24. The summed E-state index contributed by atoms with van der Waals surface area (Å²) in [4.78, 5) is 12.9. The summed E-state index contributed by atoms with van der Waals surface area (Å²) >= 11 is 0. The number of nitrogen functional groups attached to an aromatic ring is 1. The molecule has 0 aromatic carbocycles. The van der Waals surface area contributed by atoms with E-state index in [1.165, 1.54) is 0 Å². The molecule has 5 nitrogen and oxygen atoms in total. The van der Waals surface area contributed by atoms with Gasteiger partial charge >= 0.3 is 0 Å². The Kier molecular flexibility index (Phi) is 6.43. The van der Waals surface area contributed by atoms with Crippen molar-refractivity contribution < 1.29 is 0 Å². The van der Waals surface area contributed by atoms with E-state index in [-0.39, 0.29) is 0 Å². The van der Waals surface area contributed by atoms with Crippen LogP contribution in [0.2, 0.25) is 0 Å². The van der Waals surface area contributed by atoms with Crippen LogP contribution >= 0.6 is 0 Å². The molecule has 1 aromatic heterocycles. The largest absolute Gasteiger partial charge is 0.368 e. The number of aromatic nitrogens is 2. The Morgan fingerprint density at radius 2 is 1.83 bits per heavy atom. The SMILES string of the molecule is CCN(CC)CCCN(CC)c1ccnc(N)n1. The van der Waals surface area contributed by atoms with E-state index in [2.05, 4.69) is 40.5 Å². The Bertz CT molecular complexity index is 338. The van der Waals surface area contributed by atoms with E-state index in [1.54, 1.807) is 6.20 Å². The fourth-order valence-electron chi connectivity index (χ4n) is 2.00. The molecule has 0 unspecified atom stereocenters. The van der Waals surface area contributed by atoms with Gasteiger partial charge in [-0.3, -0.25) is 0 Å². The van der Waals surface area contributed by atoms with Crippen LogP contribution in [0, 0.1) is 0 Å². The predicted molar refractivity (Wildman–Crippen MR) is 76.7 cm³/mol. The Morgan fingerprint density at radius 3 is 2.39 bits per heavy atom. The summed E-state index contributed by atoms with van der Waals surface area (Å²) < 4.78 is 0. The highest BCUT2D eigenvalue weighted by atomic mass is 15.2. The monoisotopic (exact) mass is 251 g/mol. The molecule has 0 radical (unpaired) electrons. The zero-order chi connectivity index (χ0) is 13.4. The number of nitrogens with two attached hydrogens (primary N) is 1. The molecule has 1 rings (SSSR count). The highest BCUT2D eigenvalue weighted by Crippen LogP contribution is 2.10. The van der Waals surface area contributed by atoms with Crippen molar-refractivity contribution in [2.24, 2.45) is 0 Å². The third-order valence-corrected chi connectivity index (χ3v) is 3.16. The minimum absolute atomic E-state index is 0.342. The highest BCUT2D eigenvalue weighted by molar-refractivity contribution is 5.40. The van der Waals surface area contributed by atoms with Crippen LogP contribution in [0.3, 0.4) is 0 Å². The molecule has 0 saturated heterocycles. The summed E-state index contributed by atoms with van der Waals surface area (Å²) in [6, 6.07) is 1.91. The Morgan fingerprint density at radius 1 is 1.11 bits per heavy atom. The zero-order valence-electron chi connectivity index (χ0n) is 11.8. The molecule has 1 heterocycles. The van der Waals surface area contributed by atoms with Gasteiger partial charge in [0.05, 0.1) is 0 Å². The zero-order valence-corrected chi connectivity index (χ0v) is 11.8. The van der Waals surface area contributed by atoms with Crippen LogP contribution in [-0.2, 0) is 0 Å². The van der Waals surface area contributed by atoms with Gasteiger partial charge in [0.25, 0.3) is 0 Å². The molecule has 1 aromatic rings. The van der Waals surface area contributed by atoms with Crippen LogP contribution in [0.15, 0.2) is 12.3 Å². The van der Waals surface area contributed by atoms with Crippen LogP contribution in [0.25, 0.3) is 0 Å². The number of nitrogens with zero attached hydrogens (tertiary/aromatic N) is 4. The summed E-state index contributed by atoms with van der Waals surface area (Å²) in [6.45, 7) is 11.8. The Labute approximate surface area is 110 Å². The Hall–Kier alpha value is -1.36. The van der Waals surface area contributed by atoms with Crippen molar-refractivity contribution in [3.63, 3.8) is 0 Å². The molecular formula is C13H25N5. The van der Waals surface area contributed by atoms with Gasteiger partial charge in [0.2, 0.25) is 5.95 Å². The second kappa shape index (κ2) is 7.87. The lowest BCUT2D eigenvalue weighted by atomic mass is 10.3. The van der Waals surface area contributed by atoms with Crippen LogP contribution in [0.5, 0.6) is 0 Å². The second-order valence-corrected chi connectivity index (χ2v) is 4.23. The van der Waals surface area contributed by atoms with Crippen LogP contribution < -0.4 is 10.6 Å². The molecule has 5 heteroatoms. The van der Waals surface area contributed by atoms with Crippen molar-refractivity contribution in [1.29, 1.82) is 0 Å². The van der Waals surface area contributed by atoms with Gasteiger partial charge in [-0.25, -0.2) is 4.98 Å². The summed E-state index contributed by atoms with van der Waals surface area (Å²) in [5.41, 5.74) is 5.61. The quantitative estimate of drug-likeness (QED) is 0.761. The average Bonchev–Trinajstić information content (AvgIpc) is 2.39. The maximum Gasteiger partial charge on any atom is 0.221 e. The molecule has 0 amide bonds. The normalized spacial score (nSPS) is 10.9. The smallest absolute Gasteiger partial charge is 0.221 e. The molecule has 2 N–H and O–H groups in total. The van der Waals surface area contributed by atoms with E-state index in [1.807, 2.05) is 6.07 Å². The van der Waals surface area contributed by atoms with Gasteiger partial charge < -0.3 is 15.5 Å². The third-order valence-electron chi connectivity index (χ3n) is 3.16. The molecule has 18 heavy (non-hydrogen) atoms. The maximum absolute atomic E-state index is 5.61. The van der Waals surface area contributed by atoms with Crippen LogP contribution in [0.1, 0.15) is 27.2 Å². The van der Waals surface area contributed by atoms with E-state index in [0.717, 1.165) is 45.0 Å². The predicted octanol–water partition coefficient (Wildman–Crippen LogP) is 1.62. The van der Waals surface area contributed by atoms with Gasteiger partial charge in [0, 0.05) is 19.3 Å². The van der Waals surface area contributed by atoms with Gasteiger partial charge in [-0.05, 0) is 39.0 Å². The van der Waals surface area contributed by atoms with Gasteiger partial charge in [0.1, 0.15) is 5.82 Å². The lowest BCUT2D eigenvalue weighted by molar-refractivity contribution is 0.300. The fraction of sp³-hybridized carbons (Fsp3) is 0.692. The first kappa shape index (κ1) is 14.7. The second-order valence-electron chi connectivity index (χ2n) is 4.23. The summed E-state index contributed by atoms with van der Waals surface area (Å²) in [6.07, 6.45) is 2.85. The number of rotatable bonds is 8. The molecule has 0 aliphatic rings. The van der Waals surface area contributed by atoms with Gasteiger partial charge in [-0.2, -0.15) is 4.98 Å². The van der Waals surface area contributed by atoms with Gasteiger partial charge in [0.15, 0.2) is 0 Å². The molecule has 0 bridgehead atoms. The number of hydrogen-bond acceptors (Lipinski definition) is 5. The summed E-state index contributed by atoms with van der Waals surface area (Å²) in [7, 11) is 0. The lowest BCUT2D eigenvalue weighted by Crippen LogP contribution is -2.30. The molecule has 0 aliphatic carbocycles. The topological polar surface area (TPSA) is 58.3 Å². The average molecular weight is 251 g/mol. The molecule has 0 saturated carbocycles. The van der Waals surface area contributed by atoms with Crippen molar-refractivity contribution in [2.45, 2.75) is 27.2 Å². The van der Waals surface area contributed by atoms with Crippen LogP contribution in [-0.4, -0.2) is 47.6 Å². The number of anilines is 2. The first-order chi connectivity index (χ1) is 8.71. The van der Waals surface area contributed by atoms with E-state index in [9.17, 15) is 0 Å². The van der Waals surface area contributed by atoms with Crippen molar-refractivity contribution in [3.05, 3.63) is 12.3 Å². The standard InChI is InChI=1S/C13H25N5/c1-4-17(5-2)10-7-11-18(6-3)12-8-9-15-13(14)16-12/h8-9H,4-7,10-11H2,1-3H3,(H2,14,15,16). The highest BCUT2D eigenvalue weighted by Gasteiger charge is 2.07. The van der Waals surface area contributed by atoms with Crippen molar-refractivity contribution in [2.75, 3.05) is 43.4 Å². The van der Waals surface area contributed by atoms with Gasteiger partial charge in [-0.15, -0.1) is 0 Å². The van der Waals surface area contributed by atoms with Crippen molar-refractivity contribution in [1.82, 2.24) is 14.9 Å². The third kappa shape index (κ3) is 4.49. The summed E-state index contributed by atoms with van der Waals surface area (Å²) in [5.74, 6) is 1.26. The molecular weight excluding hydrogens is 226 g/mol. The summed E-state index contributed by atoms with van der Waals surface area (Å²) in [5, 5.41) is 0. The molecule has 0 spiro atoms. The maximum atomic E-state index is 5.61. The van der Waals surface area contributed by atoms with E-state index >= 15 is 0 Å². The van der Waals surface area contributed by atoms with E-state index in [0.29, 0.717) is 5.95 Å².